The summed E-state index contributed by atoms with van der Waals surface area (Å²) in [5.74, 6) is 1.34. The van der Waals surface area contributed by atoms with Crippen molar-refractivity contribution < 1.29 is 14.3 Å². The predicted molar refractivity (Wildman–Crippen MR) is 140 cm³/mol. The molecule has 8 heteroatoms. The Hall–Kier alpha value is -3.91. The molecule has 1 aromatic heterocycles. The Morgan fingerprint density at radius 3 is 2.74 bits per heavy atom. The van der Waals surface area contributed by atoms with E-state index in [1.807, 2.05) is 66.3 Å². The lowest BCUT2D eigenvalue weighted by molar-refractivity contribution is -0.122. The topological polar surface area (TPSA) is 68.6 Å². The number of carbonyl (C=O) groups is 1. The van der Waals surface area contributed by atoms with Crippen LogP contribution in [0.15, 0.2) is 73.2 Å². The van der Waals surface area contributed by atoms with Crippen molar-refractivity contribution in [2.75, 3.05) is 7.11 Å². The third-order valence-electron chi connectivity index (χ3n) is 5.65. The molecule has 0 saturated carbocycles. The Balaban J connectivity index is 1.51. The molecule has 1 N–H and O–H groups in total. The molecule has 1 amide bonds. The molecular weight excluding hydrogens is 460 g/mol. The Morgan fingerprint density at radius 1 is 1.17 bits per heavy atom. The van der Waals surface area contributed by atoms with Gasteiger partial charge in [-0.15, -0.1) is 6.58 Å². The number of amides is 1. The van der Waals surface area contributed by atoms with Crippen LogP contribution < -0.4 is 14.8 Å². The van der Waals surface area contributed by atoms with Gasteiger partial charge in [0.1, 0.15) is 23.8 Å². The highest BCUT2D eigenvalue weighted by Gasteiger charge is 2.31. The number of aromatic nitrogens is 2. The number of aryl methyl sites for hydroxylation is 1. The van der Waals surface area contributed by atoms with Gasteiger partial charge in [-0.25, -0.2) is 0 Å². The van der Waals surface area contributed by atoms with Crippen LogP contribution in [0.25, 0.3) is 6.08 Å². The molecule has 180 valence electrons. The summed E-state index contributed by atoms with van der Waals surface area (Å²) < 4.78 is 13.5. The van der Waals surface area contributed by atoms with E-state index in [4.69, 9.17) is 21.7 Å². The molecule has 1 fully saturated rings. The van der Waals surface area contributed by atoms with Crippen molar-refractivity contribution >= 4 is 29.3 Å². The number of benzene rings is 2. The number of rotatable bonds is 10. The molecule has 0 bridgehead atoms. The summed E-state index contributed by atoms with van der Waals surface area (Å²) in [5.41, 5.74) is 4.12. The second-order valence-corrected chi connectivity index (χ2v) is 8.43. The minimum atomic E-state index is -0.175. The smallest absolute Gasteiger partial charge is 0.276 e. The first-order valence-electron chi connectivity index (χ1n) is 11.4. The number of thiocarbonyl (C=S) groups is 1. The first-order valence-corrected chi connectivity index (χ1v) is 11.8. The van der Waals surface area contributed by atoms with Crippen molar-refractivity contribution in [3.63, 3.8) is 0 Å². The summed E-state index contributed by atoms with van der Waals surface area (Å²) in [6, 6.07) is 13.6. The van der Waals surface area contributed by atoms with Crippen molar-refractivity contribution in [2.45, 2.75) is 33.0 Å². The number of ether oxygens (including phenoxy) is 2. The summed E-state index contributed by atoms with van der Waals surface area (Å²) in [7, 11) is 1.63. The molecular formula is C27H28N4O3S. The first kappa shape index (κ1) is 24.2. The van der Waals surface area contributed by atoms with Crippen molar-refractivity contribution in [2.24, 2.45) is 0 Å². The van der Waals surface area contributed by atoms with E-state index < -0.39 is 0 Å². The maximum Gasteiger partial charge on any atom is 0.276 e. The molecule has 0 radical (unpaired) electrons. The van der Waals surface area contributed by atoms with Gasteiger partial charge in [0.15, 0.2) is 5.11 Å². The third kappa shape index (κ3) is 5.60. The minimum absolute atomic E-state index is 0.175. The van der Waals surface area contributed by atoms with Crippen LogP contribution in [0.3, 0.4) is 0 Å². The molecule has 1 aliphatic rings. The molecule has 0 unspecified atom stereocenters. The number of allylic oxidation sites excluding steroid dienone is 1. The van der Waals surface area contributed by atoms with Crippen LogP contribution in [0.1, 0.15) is 29.2 Å². The normalized spacial score (nSPS) is 14.3. The molecule has 0 spiro atoms. The quantitative estimate of drug-likeness (QED) is 0.258. The average molecular weight is 489 g/mol. The Morgan fingerprint density at radius 2 is 2.00 bits per heavy atom. The maximum atomic E-state index is 13.0. The van der Waals surface area contributed by atoms with Crippen molar-refractivity contribution in [3.8, 4) is 11.5 Å². The zero-order valence-electron chi connectivity index (χ0n) is 19.9. The SMILES string of the molecule is C=CCc1ccccc1OCc1cc(/C=C2/NC(=S)N(Cc3cnn(CC)c3)C2=O)ccc1OC. The number of nitrogens with zero attached hydrogens (tertiary/aromatic N) is 3. The van der Waals surface area contributed by atoms with Crippen LogP contribution in [0.4, 0.5) is 0 Å². The molecule has 2 heterocycles. The fourth-order valence-corrected chi connectivity index (χ4v) is 4.11. The van der Waals surface area contributed by atoms with E-state index in [0.717, 1.165) is 41.0 Å². The number of nitrogens with one attached hydrogen (secondary N) is 1. The number of methoxy groups -OCH3 is 1. The van der Waals surface area contributed by atoms with Crippen LogP contribution in [-0.4, -0.2) is 32.8 Å². The minimum Gasteiger partial charge on any atom is -0.496 e. The summed E-state index contributed by atoms with van der Waals surface area (Å²) in [5, 5.41) is 7.68. The van der Waals surface area contributed by atoms with Gasteiger partial charge in [-0.2, -0.15) is 5.10 Å². The van der Waals surface area contributed by atoms with Gasteiger partial charge >= 0.3 is 0 Å². The van der Waals surface area contributed by atoms with E-state index in [0.29, 0.717) is 29.7 Å². The molecule has 35 heavy (non-hydrogen) atoms. The molecule has 0 atom stereocenters. The summed E-state index contributed by atoms with van der Waals surface area (Å²) in [6.07, 6.45) is 8.04. The highest BCUT2D eigenvalue weighted by atomic mass is 32.1. The predicted octanol–water partition coefficient (Wildman–Crippen LogP) is 4.48. The lowest BCUT2D eigenvalue weighted by Crippen LogP contribution is -2.29. The Bertz CT molecular complexity index is 1280. The molecule has 2 aromatic carbocycles. The maximum absolute atomic E-state index is 13.0. The van der Waals surface area contributed by atoms with Crippen molar-refractivity contribution in [1.82, 2.24) is 20.0 Å². The third-order valence-corrected chi connectivity index (χ3v) is 5.97. The standard InChI is InChI=1S/C27H28N4O3S/c1-4-8-21-9-6-7-10-25(21)34-18-22-13-19(11-12-24(22)33-3)14-23-26(32)31(27(35)29-23)17-20-15-28-30(5-2)16-20/h4,6-7,9-16H,1,5,8,17-18H2,2-3H3,(H,29,35)/b23-14+. The number of hydrogen-bond donors (Lipinski definition) is 1. The van der Waals surface area contributed by atoms with Crippen molar-refractivity contribution in [1.29, 1.82) is 0 Å². The second-order valence-electron chi connectivity index (χ2n) is 8.04. The highest BCUT2D eigenvalue weighted by Crippen LogP contribution is 2.26. The fourth-order valence-electron chi connectivity index (χ4n) is 3.85. The van der Waals surface area contributed by atoms with Gasteiger partial charge in [0.05, 0.1) is 19.9 Å². The van der Waals surface area contributed by atoms with Crippen LogP contribution in [0.5, 0.6) is 11.5 Å². The number of hydrogen-bond acceptors (Lipinski definition) is 5. The van der Waals surface area contributed by atoms with Gasteiger partial charge in [-0.3, -0.25) is 14.4 Å². The van der Waals surface area contributed by atoms with E-state index in [1.165, 1.54) is 0 Å². The van der Waals surface area contributed by atoms with Gasteiger partial charge in [-0.1, -0.05) is 30.3 Å². The van der Waals surface area contributed by atoms with Gasteiger partial charge in [-0.05, 0) is 61.0 Å². The number of para-hydroxylation sites is 1. The van der Waals surface area contributed by atoms with Crippen molar-refractivity contribution in [3.05, 3.63) is 95.5 Å². The van der Waals surface area contributed by atoms with E-state index in [1.54, 1.807) is 24.3 Å². The van der Waals surface area contributed by atoms with Crippen LogP contribution in [0.2, 0.25) is 0 Å². The molecule has 0 aliphatic carbocycles. The average Bonchev–Trinajstić information content (AvgIpc) is 3.43. The van der Waals surface area contributed by atoms with Crippen LogP contribution >= 0.6 is 12.2 Å². The van der Waals surface area contributed by atoms with E-state index in [9.17, 15) is 4.79 Å². The molecule has 4 rings (SSSR count). The van der Waals surface area contributed by atoms with Gasteiger partial charge in [0, 0.05) is 23.9 Å². The van der Waals surface area contributed by atoms with Gasteiger partial charge in [0.2, 0.25) is 0 Å². The summed E-state index contributed by atoms with van der Waals surface area (Å²) in [6.45, 7) is 7.29. The Kier molecular flexibility index (Phi) is 7.62. The Labute approximate surface area is 210 Å². The molecule has 1 saturated heterocycles. The lowest BCUT2D eigenvalue weighted by Gasteiger charge is -2.13. The first-order chi connectivity index (χ1) is 17.0. The molecule has 3 aromatic rings. The monoisotopic (exact) mass is 488 g/mol. The summed E-state index contributed by atoms with van der Waals surface area (Å²) >= 11 is 5.42. The number of carbonyl (C=O) groups excluding carboxylic acids is 1. The fraction of sp³-hybridized carbons (Fsp3) is 0.222. The van der Waals surface area contributed by atoms with E-state index >= 15 is 0 Å². The second kappa shape index (κ2) is 11.0. The largest absolute Gasteiger partial charge is 0.496 e. The summed E-state index contributed by atoms with van der Waals surface area (Å²) in [4.78, 5) is 14.6. The van der Waals surface area contributed by atoms with E-state index in [-0.39, 0.29) is 5.91 Å². The van der Waals surface area contributed by atoms with Crippen LogP contribution in [-0.2, 0) is 30.9 Å². The zero-order chi connectivity index (χ0) is 24.8. The van der Waals surface area contributed by atoms with Crippen LogP contribution in [0, 0.1) is 0 Å². The molecule has 7 nitrogen and oxygen atoms in total. The molecule has 1 aliphatic heterocycles. The van der Waals surface area contributed by atoms with Gasteiger partial charge < -0.3 is 14.8 Å². The zero-order valence-corrected chi connectivity index (χ0v) is 20.7. The lowest BCUT2D eigenvalue weighted by atomic mass is 10.1. The highest BCUT2D eigenvalue weighted by molar-refractivity contribution is 7.80. The van der Waals surface area contributed by atoms with Gasteiger partial charge in [0.25, 0.3) is 5.91 Å². The van der Waals surface area contributed by atoms with E-state index in [2.05, 4.69) is 17.0 Å².